The summed E-state index contributed by atoms with van der Waals surface area (Å²) in [5.74, 6) is -0.291. The van der Waals surface area contributed by atoms with Crippen LogP contribution in [0.4, 0.5) is 5.69 Å². The van der Waals surface area contributed by atoms with Crippen LogP contribution >= 0.6 is 0 Å². The van der Waals surface area contributed by atoms with Crippen molar-refractivity contribution in [1.82, 2.24) is 4.57 Å². The Bertz CT molecular complexity index is 421. The minimum atomic E-state index is -0.183. The van der Waals surface area contributed by atoms with Gasteiger partial charge in [-0.05, 0) is 12.5 Å². The molecule has 3 N–H and O–H groups in total. The number of aromatic nitrogens is 1. The Kier molecular flexibility index (Phi) is 4.25. The van der Waals surface area contributed by atoms with Crippen molar-refractivity contribution < 1.29 is 4.79 Å². The summed E-state index contributed by atoms with van der Waals surface area (Å²) < 4.78 is 1.42. The molecule has 1 atom stereocenters. The minimum Gasteiger partial charge on any atom is -0.330 e. The maximum atomic E-state index is 11.7. The van der Waals surface area contributed by atoms with Crippen LogP contribution in [-0.2, 0) is 11.8 Å². The van der Waals surface area contributed by atoms with E-state index in [0.29, 0.717) is 18.7 Å². The number of pyridine rings is 1. The monoisotopic (exact) mass is 223 g/mol. The molecule has 1 aromatic rings. The van der Waals surface area contributed by atoms with E-state index in [-0.39, 0.29) is 17.4 Å². The van der Waals surface area contributed by atoms with Crippen LogP contribution in [0, 0.1) is 5.92 Å². The van der Waals surface area contributed by atoms with Gasteiger partial charge in [0.05, 0.1) is 11.6 Å². The summed E-state index contributed by atoms with van der Waals surface area (Å²) in [6.07, 6.45) is 2.29. The smallest absolute Gasteiger partial charge is 0.250 e. The fourth-order valence-corrected chi connectivity index (χ4v) is 1.37. The Balaban J connectivity index is 2.77. The lowest BCUT2D eigenvalue weighted by molar-refractivity contribution is -0.119. The van der Waals surface area contributed by atoms with Gasteiger partial charge in [0.1, 0.15) is 0 Å². The average Bonchev–Trinajstić information content (AvgIpc) is 2.25. The number of carbonyl (C=O) groups is 1. The summed E-state index contributed by atoms with van der Waals surface area (Å²) in [5.41, 5.74) is 5.98. The molecule has 0 aromatic carbocycles. The molecule has 0 bridgehead atoms. The lowest BCUT2D eigenvalue weighted by Crippen LogP contribution is -2.29. The van der Waals surface area contributed by atoms with Crippen molar-refractivity contribution >= 4 is 11.6 Å². The fraction of sp³-hybridized carbons (Fsp3) is 0.455. The van der Waals surface area contributed by atoms with E-state index < -0.39 is 0 Å². The second kappa shape index (κ2) is 5.46. The van der Waals surface area contributed by atoms with Crippen molar-refractivity contribution in [3.8, 4) is 0 Å². The highest BCUT2D eigenvalue weighted by atomic mass is 16.2. The number of rotatable bonds is 4. The van der Waals surface area contributed by atoms with E-state index in [9.17, 15) is 9.59 Å². The molecule has 1 heterocycles. The first-order chi connectivity index (χ1) is 7.58. The second-order valence-electron chi connectivity index (χ2n) is 3.70. The van der Waals surface area contributed by atoms with Crippen molar-refractivity contribution in [1.29, 1.82) is 0 Å². The quantitative estimate of drug-likeness (QED) is 0.771. The van der Waals surface area contributed by atoms with E-state index in [1.165, 1.54) is 10.6 Å². The topological polar surface area (TPSA) is 77.1 Å². The Labute approximate surface area is 94.3 Å². The van der Waals surface area contributed by atoms with Gasteiger partial charge in [-0.15, -0.1) is 0 Å². The van der Waals surface area contributed by atoms with E-state index in [0.717, 1.165) is 0 Å². The standard InChI is InChI=1S/C11H17N3O2/c1-3-8(6-12)11(16)13-9-4-5-10(15)14(2)7-9/h4-5,7-8H,3,6,12H2,1-2H3,(H,13,16). The Morgan fingerprint density at radius 1 is 1.56 bits per heavy atom. The Morgan fingerprint density at radius 2 is 2.25 bits per heavy atom. The molecule has 5 heteroatoms. The molecule has 1 unspecified atom stereocenters. The number of hydrogen-bond acceptors (Lipinski definition) is 3. The van der Waals surface area contributed by atoms with Gasteiger partial charge < -0.3 is 15.6 Å². The number of aryl methyl sites for hydroxylation is 1. The Hall–Kier alpha value is -1.62. The van der Waals surface area contributed by atoms with Crippen molar-refractivity contribution in [2.45, 2.75) is 13.3 Å². The molecular weight excluding hydrogens is 206 g/mol. The molecule has 0 radical (unpaired) electrons. The highest BCUT2D eigenvalue weighted by Crippen LogP contribution is 2.07. The zero-order valence-electron chi connectivity index (χ0n) is 9.56. The van der Waals surface area contributed by atoms with Crippen LogP contribution in [0.15, 0.2) is 23.1 Å². The lowest BCUT2D eigenvalue weighted by Gasteiger charge is -2.12. The number of nitrogens with one attached hydrogen (secondary N) is 1. The van der Waals surface area contributed by atoms with Gasteiger partial charge in [-0.2, -0.15) is 0 Å². The van der Waals surface area contributed by atoms with Gasteiger partial charge in [0.2, 0.25) is 11.5 Å². The number of carbonyl (C=O) groups excluding carboxylic acids is 1. The summed E-state index contributed by atoms with van der Waals surface area (Å²) >= 11 is 0. The van der Waals surface area contributed by atoms with Crippen molar-refractivity contribution in [2.24, 2.45) is 18.7 Å². The molecule has 1 aromatic heterocycles. The zero-order chi connectivity index (χ0) is 12.1. The number of anilines is 1. The third-order valence-electron chi connectivity index (χ3n) is 2.50. The van der Waals surface area contributed by atoms with Gasteiger partial charge in [-0.1, -0.05) is 6.92 Å². The lowest BCUT2D eigenvalue weighted by atomic mass is 10.1. The minimum absolute atomic E-state index is 0.108. The van der Waals surface area contributed by atoms with E-state index in [1.807, 2.05) is 6.92 Å². The number of nitrogens with zero attached hydrogens (tertiary/aromatic N) is 1. The second-order valence-corrected chi connectivity index (χ2v) is 3.70. The first-order valence-corrected chi connectivity index (χ1v) is 5.26. The first kappa shape index (κ1) is 12.4. The molecule has 0 saturated carbocycles. The third kappa shape index (κ3) is 2.93. The molecule has 88 valence electrons. The van der Waals surface area contributed by atoms with Gasteiger partial charge in [-0.25, -0.2) is 0 Å². The van der Waals surface area contributed by atoms with Gasteiger partial charge >= 0.3 is 0 Å². The molecule has 16 heavy (non-hydrogen) atoms. The maximum absolute atomic E-state index is 11.7. The van der Waals surface area contributed by atoms with Crippen molar-refractivity contribution in [3.05, 3.63) is 28.7 Å². The SMILES string of the molecule is CCC(CN)C(=O)Nc1ccc(=O)n(C)c1. The number of amides is 1. The highest BCUT2D eigenvalue weighted by Gasteiger charge is 2.14. The van der Waals surface area contributed by atoms with Crippen LogP contribution in [-0.4, -0.2) is 17.0 Å². The van der Waals surface area contributed by atoms with E-state index >= 15 is 0 Å². The van der Waals surface area contributed by atoms with Crippen molar-refractivity contribution in [3.63, 3.8) is 0 Å². The first-order valence-electron chi connectivity index (χ1n) is 5.26. The predicted molar refractivity (Wildman–Crippen MR) is 63.1 cm³/mol. The van der Waals surface area contributed by atoms with Crippen LogP contribution in [0.25, 0.3) is 0 Å². The zero-order valence-corrected chi connectivity index (χ0v) is 9.56. The molecule has 1 amide bonds. The summed E-state index contributed by atoms with van der Waals surface area (Å²) in [4.78, 5) is 22.8. The summed E-state index contributed by atoms with van der Waals surface area (Å²) in [6, 6.07) is 3.00. The fourth-order valence-electron chi connectivity index (χ4n) is 1.37. The number of hydrogen-bond donors (Lipinski definition) is 2. The molecular formula is C11H17N3O2. The van der Waals surface area contributed by atoms with Gasteiger partial charge in [0.15, 0.2) is 0 Å². The van der Waals surface area contributed by atoms with Gasteiger partial charge in [-0.3, -0.25) is 9.59 Å². The predicted octanol–water partition coefficient (Wildman–Crippen LogP) is 0.309. The van der Waals surface area contributed by atoms with Crippen LogP contribution in [0.5, 0.6) is 0 Å². The van der Waals surface area contributed by atoms with Crippen LogP contribution in [0.1, 0.15) is 13.3 Å². The van der Waals surface area contributed by atoms with Crippen LogP contribution < -0.4 is 16.6 Å². The largest absolute Gasteiger partial charge is 0.330 e. The molecule has 5 nitrogen and oxygen atoms in total. The van der Waals surface area contributed by atoms with E-state index in [2.05, 4.69) is 5.32 Å². The molecule has 0 spiro atoms. The normalized spacial score (nSPS) is 12.2. The highest BCUT2D eigenvalue weighted by molar-refractivity contribution is 5.92. The molecule has 0 aliphatic heterocycles. The molecule has 0 fully saturated rings. The van der Waals surface area contributed by atoms with Crippen LogP contribution in [0.3, 0.4) is 0 Å². The number of nitrogens with two attached hydrogens (primary N) is 1. The van der Waals surface area contributed by atoms with Gasteiger partial charge in [0.25, 0.3) is 0 Å². The molecule has 0 aliphatic rings. The Morgan fingerprint density at radius 3 is 2.75 bits per heavy atom. The average molecular weight is 223 g/mol. The van der Waals surface area contributed by atoms with Gasteiger partial charge in [0, 0.05) is 25.9 Å². The molecule has 0 aliphatic carbocycles. The van der Waals surface area contributed by atoms with E-state index in [1.54, 1.807) is 19.3 Å². The molecule has 1 rings (SSSR count). The summed E-state index contributed by atoms with van der Waals surface area (Å²) in [6.45, 7) is 2.24. The summed E-state index contributed by atoms with van der Waals surface area (Å²) in [5, 5.41) is 2.73. The van der Waals surface area contributed by atoms with Crippen LogP contribution in [0.2, 0.25) is 0 Å². The summed E-state index contributed by atoms with van der Waals surface area (Å²) in [7, 11) is 1.64. The van der Waals surface area contributed by atoms with E-state index in [4.69, 9.17) is 5.73 Å². The molecule has 0 saturated heterocycles. The van der Waals surface area contributed by atoms with Crippen molar-refractivity contribution in [2.75, 3.05) is 11.9 Å². The maximum Gasteiger partial charge on any atom is 0.250 e. The third-order valence-corrected chi connectivity index (χ3v) is 2.50.